The molecule has 11 heteroatoms. The predicted octanol–water partition coefficient (Wildman–Crippen LogP) is 2.20. The molecule has 42 heavy (non-hydrogen) atoms. The molecule has 0 spiro atoms. The number of H-pyrrole nitrogens is 1. The maximum atomic E-state index is 13.6. The normalized spacial score (nSPS) is 15.8. The van der Waals surface area contributed by atoms with Gasteiger partial charge in [-0.15, -0.1) is 0 Å². The van der Waals surface area contributed by atoms with Gasteiger partial charge >= 0.3 is 0 Å². The molecule has 6 unspecified atom stereocenters. The van der Waals surface area contributed by atoms with E-state index >= 15 is 0 Å². The summed E-state index contributed by atoms with van der Waals surface area (Å²) in [5.74, 6) is -1.69. The third kappa shape index (κ3) is 11.4. The third-order valence-electron chi connectivity index (χ3n) is 7.27. The van der Waals surface area contributed by atoms with Crippen molar-refractivity contribution in [3.05, 3.63) is 48.5 Å². The fourth-order valence-corrected chi connectivity index (χ4v) is 4.64. The van der Waals surface area contributed by atoms with Gasteiger partial charge in [-0.2, -0.15) is 0 Å². The molecule has 1 aromatic carbocycles. The molecular formula is C31H49N5O6. The molecule has 0 fully saturated rings. The minimum absolute atomic E-state index is 0.0498. The summed E-state index contributed by atoms with van der Waals surface area (Å²) in [7, 11) is 0. The first-order valence-electron chi connectivity index (χ1n) is 14.8. The molecule has 11 nitrogen and oxygen atoms in total. The number of benzene rings is 1. The number of carbonyl (C=O) groups excluding carboxylic acids is 3. The number of hydrogen-bond donors (Lipinski definition) is 6. The van der Waals surface area contributed by atoms with E-state index in [-0.39, 0.29) is 36.7 Å². The molecule has 3 amide bonds. The Morgan fingerprint density at radius 2 is 1.67 bits per heavy atom. The molecule has 0 saturated heterocycles. The van der Waals surface area contributed by atoms with Gasteiger partial charge in [-0.25, -0.2) is 4.98 Å². The number of aliphatic hydroxyl groups is 2. The average Bonchev–Trinajstić information content (AvgIpc) is 3.47. The van der Waals surface area contributed by atoms with E-state index in [0.717, 1.165) is 6.42 Å². The third-order valence-corrected chi connectivity index (χ3v) is 7.27. The van der Waals surface area contributed by atoms with Gasteiger partial charge in [-0.3, -0.25) is 14.4 Å². The highest BCUT2D eigenvalue weighted by molar-refractivity contribution is 5.88. The molecule has 234 valence electrons. The largest absolute Gasteiger partial charge is 0.484 e. The average molecular weight is 588 g/mol. The van der Waals surface area contributed by atoms with Crippen molar-refractivity contribution in [1.82, 2.24) is 25.9 Å². The highest BCUT2D eigenvalue weighted by Crippen LogP contribution is 2.23. The fourth-order valence-electron chi connectivity index (χ4n) is 4.64. The maximum absolute atomic E-state index is 13.6. The minimum atomic E-state index is -1.43. The van der Waals surface area contributed by atoms with Crippen molar-refractivity contribution >= 4 is 17.7 Å². The summed E-state index contributed by atoms with van der Waals surface area (Å²) in [5.41, 5.74) is 0.623. The first kappa shape index (κ1) is 34.8. The lowest BCUT2D eigenvalue weighted by molar-refractivity contribution is -0.137. The second-order valence-electron chi connectivity index (χ2n) is 11.8. The number of imidazole rings is 1. The molecule has 6 atom stereocenters. The molecule has 0 saturated carbocycles. The van der Waals surface area contributed by atoms with Crippen LogP contribution in [-0.4, -0.2) is 75.3 Å². The number of amides is 3. The Morgan fingerprint density at radius 3 is 2.24 bits per heavy atom. The Kier molecular flexibility index (Phi) is 14.5. The van der Waals surface area contributed by atoms with E-state index in [4.69, 9.17) is 4.74 Å². The Labute approximate surface area is 249 Å². The van der Waals surface area contributed by atoms with E-state index in [1.54, 1.807) is 30.5 Å². The lowest BCUT2D eigenvalue weighted by Gasteiger charge is -2.35. The smallest absolute Gasteiger partial charge is 0.258 e. The van der Waals surface area contributed by atoms with E-state index in [9.17, 15) is 24.6 Å². The van der Waals surface area contributed by atoms with Crippen LogP contribution in [0.15, 0.2) is 42.9 Å². The first-order chi connectivity index (χ1) is 19.9. The Hall–Kier alpha value is -3.44. The standard InChI is InChI=1S/C31H49N5O6/c1-7-21(6)15-33-31(41)27(20(4)5)29(39)28(38)24(13-19(2)3)36-30(40)25(14-22-16-32-18-34-22)35-26(37)17-42-23-11-9-8-10-12-23/h8-12,16,18-21,24-25,27-29,38-39H,7,13-15,17H2,1-6H3,(H,32,34)(H,33,41)(H,35,37)(H,36,40). The molecule has 1 heterocycles. The van der Waals surface area contributed by atoms with Crippen molar-refractivity contribution in [3.8, 4) is 5.75 Å². The van der Waals surface area contributed by atoms with Gasteiger partial charge in [0.25, 0.3) is 5.91 Å². The zero-order chi connectivity index (χ0) is 31.2. The number of carbonyl (C=O) groups is 3. The molecule has 2 aromatic rings. The minimum Gasteiger partial charge on any atom is -0.484 e. The van der Waals surface area contributed by atoms with E-state index < -0.39 is 42.0 Å². The van der Waals surface area contributed by atoms with Gasteiger partial charge in [-0.05, 0) is 36.3 Å². The van der Waals surface area contributed by atoms with Crippen LogP contribution >= 0.6 is 0 Å². The van der Waals surface area contributed by atoms with Gasteiger partial charge in [0.15, 0.2) is 6.61 Å². The highest BCUT2D eigenvalue weighted by atomic mass is 16.5. The van der Waals surface area contributed by atoms with Crippen molar-refractivity contribution in [2.24, 2.45) is 23.7 Å². The van der Waals surface area contributed by atoms with Crippen LogP contribution in [0.3, 0.4) is 0 Å². The Morgan fingerprint density at radius 1 is 0.976 bits per heavy atom. The van der Waals surface area contributed by atoms with Crippen LogP contribution in [0.1, 0.15) is 60.1 Å². The summed E-state index contributed by atoms with van der Waals surface area (Å²) < 4.78 is 5.53. The van der Waals surface area contributed by atoms with Gasteiger partial charge in [0.1, 0.15) is 17.9 Å². The quantitative estimate of drug-likeness (QED) is 0.156. The van der Waals surface area contributed by atoms with Crippen LogP contribution in [0.25, 0.3) is 0 Å². The van der Waals surface area contributed by atoms with Gasteiger partial charge in [-0.1, -0.05) is 66.2 Å². The molecule has 0 aliphatic heterocycles. The highest BCUT2D eigenvalue weighted by Gasteiger charge is 2.39. The van der Waals surface area contributed by atoms with E-state index in [1.165, 1.54) is 6.33 Å². The molecule has 0 aliphatic carbocycles. The number of nitrogens with one attached hydrogen (secondary N) is 4. The number of nitrogens with zero attached hydrogens (tertiary/aromatic N) is 1. The van der Waals surface area contributed by atoms with Crippen molar-refractivity contribution in [2.45, 2.75) is 85.1 Å². The molecule has 6 N–H and O–H groups in total. The molecular weight excluding hydrogens is 538 g/mol. The number of aliphatic hydroxyl groups excluding tert-OH is 2. The molecule has 1 aromatic heterocycles. The molecule has 0 aliphatic rings. The van der Waals surface area contributed by atoms with Crippen molar-refractivity contribution < 1.29 is 29.3 Å². The number of ether oxygens (including phenoxy) is 1. The van der Waals surface area contributed by atoms with Gasteiger partial charge < -0.3 is 35.9 Å². The van der Waals surface area contributed by atoms with Crippen LogP contribution in [0, 0.1) is 23.7 Å². The van der Waals surface area contributed by atoms with Gasteiger partial charge in [0, 0.05) is 24.9 Å². The van der Waals surface area contributed by atoms with Crippen molar-refractivity contribution in [2.75, 3.05) is 13.2 Å². The number of rotatable bonds is 18. The van der Waals surface area contributed by atoms with E-state index in [2.05, 4.69) is 25.9 Å². The molecule has 0 bridgehead atoms. The summed E-state index contributed by atoms with van der Waals surface area (Å²) >= 11 is 0. The first-order valence-corrected chi connectivity index (χ1v) is 14.8. The number of aromatic nitrogens is 2. The predicted molar refractivity (Wildman–Crippen MR) is 160 cm³/mol. The zero-order valence-electron chi connectivity index (χ0n) is 25.7. The maximum Gasteiger partial charge on any atom is 0.258 e. The zero-order valence-corrected chi connectivity index (χ0v) is 25.7. The van der Waals surface area contributed by atoms with E-state index in [1.807, 2.05) is 47.6 Å². The molecule has 2 rings (SSSR count). The summed E-state index contributed by atoms with van der Waals surface area (Å²) in [4.78, 5) is 46.3. The summed E-state index contributed by atoms with van der Waals surface area (Å²) in [6.07, 6.45) is 1.53. The summed E-state index contributed by atoms with van der Waals surface area (Å²) in [6, 6.07) is 6.96. The second kappa shape index (κ2) is 17.5. The Bertz CT molecular complexity index is 1080. The van der Waals surface area contributed by atoms with Crippen LogP contribution in [0.2, 0.25) is 0 Å². The summed E-state index contributed by atoms with van der Waals surface area (Å²) in [5, 5.41) is 31.0. The van der Waals surface area contributed by atoms with Crippen LogP contribution in [0.5, 0.6) is 5.75 Å². The second-order valence-corrected chi connectivity index (χ2v) is 11.8. The van der Waals surface area contributed by atoms with Gasteiger partial charge in [0.05, 0.1) is 24.4 Å². The van der Waals surface area contributed by atoms with E-state index in [0.29, 0.717) is 24.4 Å². The summed E-state index contributed by atoms with van der Waals surface area (Å²) in [6.45, 7) is 11.7. The number of para-hydroxylation sites is 1. The van der Waals surface area contributed by atoms with Crippen molar-refractivity contribution in [3.63, 3.8) is 0 Å². The monoisotopic (exact) mass is 587 g/mol. The lowest BCUT2D eigenvalue weighted by Crippen LogP contribution is -2.58. The lowest BCUT2D eigenvalue weighted by atomic mass is 9.83. The topological polar surface area (TPSA) is 166 Å². The van der Waals surface area contributed by atoms with Gasteiger partial charge in [0.2, 0.25) is 11.8 Å². The Balaban J connectivity index is 2.18. The van der Waals surface area contributed by atoms with Crippen LogP contribution < -0.4 is 20.7 Å². The fraction of sp³-hybridized carbons (Fsp3) is 0.613. The number of aromatic amines is 1. The van der Waals surface area contributed by atoms with Crippen LogP contribution in [-0.2, 0) is 20.8 Å². The van der Waals surface area contributed by atoms with Crippen LogP contribution in [0.4, 0.5) is 0 Å². The molecule has 0 radical (unpaired) electrons. The van der Waals surface area contributed by atoms with Crippen molar-refractivity contribution in [1.29, 1.82) is 0 Å². The number of hydrogen-bond acceptors (Lipinski definition) is 7. The SMILES string of the molecule is CCC(C)CNC(=O)C(C(C)C)C(O)C(O)C(CC(C)C)NC(=O)C(Cc1cnc[nH]1)NC(=O)COc1ccccc1.